The number of unbranched alkanes of at least 4 members (excludes halogenated alkanes) is 6. The van der Waals surface area contributed by atoms with Gasteiger partial charge in [-0.25, -0.2) is 0 Å². The summed E-state index contributed by atoms with van der Waals surface area (Å²) in [4.78, 5) is 33.1. The molecule has 20 heavy (non-hydrogen) atoms. The molecule has 6 heteroatoms. The highest BCUT2D eigenvalue weighted by molar-refractivity contribution is 5.89. The number of carboxylic acid groups (broad SMARTS) is 1. The van der Waals surface area contributed by atoms with E-state index in [1.807, 2.05) is 0 Å². The number of hydrogen-bond acceptors (Lipinski definition) is 3. The Kier molecular flexibility index (Phi) is 10.4. The van der Waals surface area contributed by atoms with Crippen LogP contribution in [0.3, 0.4) is 0 Å². The zero-order valence-electron chi connectivity index (χ0n) is 12.2. The summed E-state index contributed by atoms with van der Waals surface area (Å²) in [7, 11) is 0. The van der Waals surface area contributed by atoms with Crippen LogP contribution in [-0.2, 0) is 14.4 Å². The van der Waals surface area contributed by atoms with E-state index in [9.17, 15) is 14.4 Å². The van der Waals surface area contributed by atoms with Gasteiger partial charge < -0.3 is 16.2 Å². The number of hydrogen-bond donors (Lipinski definition) is 3. The van der Waals surface area contributed by atoms with Crippen molar-refractivity contribution in [3.05, 3.63) is 0 Å². The highest BCUT2D eigenvalue weighted by Gasteiger charge is 2.20. The molecule has 6 nitrogen and oxygen atoms in total. The number of nitrogens with two attached hydrogens (primary N) is 1. The summed E-state index contributed by atoms with van der Waals surface area (Å²) in [6, 6.07) is -1.12. The fourth-order valence-electron chi connectivity index (χ4n) is 1.91. The second-order valence-corrected chi connectivity index (χ2v) is 4.99. The molecule has 0 saturated heterocycles. The molecule has 4 N–H and O–H groups in total. The van der Waals surface area contributed by atoms with Gasteiger partial charge in [0.2, 0.25) is 11.8 Å². The van der Waals surface area contributed by atoms with Gasteiger partial charge in [0.1, 0.15) is 6.04 Å². The van der Waals surface area contributed by atoms with Crippen LogP contribution in [0.15, 0.2) is 0 Å². The van der Waals surface area contributed by atoms with E-state index in [2.05, 4.69) is 12.2 Å². The fraction of sp³-hybridized carbons (Fsp3) is 0.786. The molecule has 0 aromatic carbocycles. The molecule has 0 aromatic heterocycles. The molecular formula is C14H26N2O4. The molecule has 0 aliphatic rings. The quantitative estimate of drug-likeness (QED) is 0.473. The first-order chi connectivity index (χ1) is 9.47. The van der Waals surface area contributed by atoms with E-state index in [1.54, 1.807) is 0 Å². The van der Waals surface area contributed by atoms with Crippen LogP contribution in [0.25, 0.3) is 0 Å². The topological polar surface area (TPSA) is 109 Å². The molecule has 0 heterocycles. The van der Waals surface area contributed by atoms with Gasteiger partial charge in [-0.3, -0.25) is 14.4 Å². The molecule has 0 rings (SSSR count). The summed E-state index contributed by atoms with van der Waals surface area (Å²) in [5.74, 6) is -2.30. The first-order valence-corrected chi connectivity index (χ1v) is 7.27. The largest absolute Gasteiger partial charge is 0.481 e. The number of rotatable bonds is 12. The van der Waals surface area contributed by atoms with Gasteiger partial charge in [0.05, 0.1) is 6.42 Å². The van der Waals surface area contributed by atoms with Crippen LogP contribution in [0.5, 0.6) is 0 Å². The lowest BCUT2D eigenvalue weighted by Gasteiger charge is -2.13. The smallest absolute Gasteiger partial charge is 0.305 e. The van der Waals surface area contributed by atoms with E-state index in [1.165, 1.54) is 25.7 Å². The summed E-state index contributed by atoms with van der Waals surface area (Å²) in [5.41, 5.74) is 5.04. The summed E-state index contributed by atoms with van der Waals surface area (Å²) in [5, 5.41) is 11.0. The van der Waals surface area contributed by atoms with Crippen LogP contribution < -0.4 is 11.1 Å². The van der Waals surface area contributed by atoms with E-state index in [0.29, 0.717) is 6.42 Å². The molecule has 0 aliphatic heterocycles. The van der Waals surface area contributed by atoms with Gasteiger partial charge in [-0.15, -0.1) is 0 Å². The third-order valence-corrected chi connectivity index (χ3v) is 3.06. The van der Waals surface area contributed by atoms with Crippen molar-refractivity contribution in [1.29, 1.82) is 0 Å². The van der Waals surface area contributed by atoms with E-state index < -0.39 is 24.3 Å². The van der Waals surface area contributed by atoms with Gasteiger partial charge in [-0.1, -0.05) is 45.4 Å². The Balaban J connectivity index is 3.75. The lowest BCUT2D eigenvalue weighted by Crippen LogP contribution is -2.45. The summed E-state index contributed by atoms with van der Waals surface area (Å²) in [6.07, 6.45) is 7.50. The van der Waals surface area contributed by atoms with Crippen LogP contribution in [-0.4, -0.2) is 28.9 Å². The van der Waals surface area contributed by atoms with Crippen molar-refractivity contribution in [1.82, 2.24) is 5.32 Å². The minimum Gasteiger partial charge on any atom is -0.481 e. The van der Waals surface area contributed by atoms with Gasteiger partial charge in [0.25, 0.3) is 0 Å². The third-order valence-electron chi connectivity index (χ3n) is 3.06. The van der Waals surface area contributed by atoms with Gasteiger partial charge in [0, 0.05) is 6.42 Å². The molecule has 0 bridgehead atoms. The molecule has 0 unspecified atom stereocenters. The Bertz CT molecular complexity index is 318. The Hall–Kier alpha value is -1.59. The Morgan fingerprint density at radius 3 is 2.10 bits per heavy atom. The van der Waals surface area contributed by atoms with Crippen molar-refractivity contribution >= 4 is 17.8 Å². The van der Waals surface area contributed by atoms with Crippen LogP contribution >= 0.6 is 0 Å². The Labute approximate surface area is 120 Å². The normalized spacial score (nSPS) is 11.8. The number of carboxylic acids is 1. The summed E-state index contributed by atoms with van der Waals surface area (Å²) >= 11 is 0. The SMILES string of the molecule is CCCCCCCCCC(=O)N[C@@H](CC(=O)O)C(N)=O. The van der Waals surface area contributed by atoms with Crippen molar-refractivity contribution in [2.75, 3.05) is 0 Å². The Morgan fingerprint density at radius 1 is 1.05 bits per heavy atom. The molecule has 116 valence electrons. The molecule has 1 atom stereocenters. The predicted octanol–water partition coefficient (Wildman–Crippen LogP) is 1.57. The standard InChI is InChI=1S/C14H26N2O4/c1-2-3-4-5-6-7-8-9-12(17)16-11(14(15)20)10-13(18)19/h11H,2-10H2,1H3,(H2,15,20)(H,16,17)(H,18,19)/t11-/m0/s1. The van der Waals surface area contributed by atoms with Crippen molar-refractivity contribution in [2.45, 2.75) is 70.8 Å². The van der Waals surface area contributed by atoms with Gasteiger partial charge in [0.15, 0.2) is 0 Å². The maximum Gasteiger partial charge on any atom is 0.305 e. The fourth-order valence-corrected chi connectivity index (χ4v) is 1.91. The molecule has 0 radical (unpaired) electrons. The Morgan fingerprint density at radius 2 is 1.60 bits per heavy atom. The van der Waals surface area contributed by atoms with Crippen molar-refractivity contribution in [3.8, 4) is 0 Å². The molecule has 0 fully saturated rings. The molecule has 0 aromatic rings. The zero-order chi connectivity index (χ0) is 15.4. The lowest BCUT2D eigenvalue weighted by molar-refractivity contribution is -0.140. The maximum atomic E-state index is 11.6. The van der Waals surface area contributed by atoms with Gasteiger partial charge >= 0.3 is 5.97 Å². The number of carbonyl (C=O) groups is 3. The second kappa shape index (κ2) is 11.3. The number of amides is 2. The summed E-state index contributed by atoms with van der Waals surface area (Å²) in [6.45, 7) is 2.16. The van der Waals surface area contributed by atoms with E-state index in [4.69, 9.17) is 10.8 Å². The first kappa shape index (κ1) is 18.4. The monoisotopic (exact) mass is 286 g/mol. The second-order valence-electron chi connectivity index (χ2n) is 4.99. The van der Waals surface area contributed by atoms with Gasteiger partial charge in [-0.05, 0) is 6.42 Å². The molecular weight excluding hydrogens is 260 g/mol. The molecule has 2 amide bonds. The van der Waals surface area contributed by atoms with Crippen molar-refractivity contribution in [3.63, 3.8) is 0 Å². The van der Waals surface area contributed by atoms with Crippen LogP contribution in [0.1, 0.15) is 64.7 Å². The van der Waals surface area contributed by atoms with E-state index in [-0.39, 0.29) is 5.91 Å². The number of carbonyl (C=O) groups excluding carboxylic acids is 2. The molecule has 0 aliphatic carbocycles. The van der Waals surface area contributed by atoms with Crippen molar-refractivity contribution in [2.24, 2.45) is 5.73 Å². The third kappa shape index (κ3) is 10.3. The number of aliphatic carboxylic acids is 1. The lowest BCUT2D eigenvalue weighted by atomic mass is 10.1. The maximum absolute atomic E-state index is 11.6. The van der Waals surface area contributed by atoms with Crippen LogP contribution in [0.2, 0.25) is 0 Å². The van der Waals surface area contributed by atoms with Gasteiger partial charge in [-0.2, -0.15) is 0 Å². The van der Waals surface area contributed by atoms with Crippen LogP contribution in [0.4, 0.5) is 0 Å². The van der Waals surface area contributed by atoms with Crippen LogP contribution in [0, 0.1) is 0 Å². The average molecular weight is 286 g/mol. The first-order valence-electron chi connectivity index (χ1n) is 7.27. The minimum atomic E-state index is -1.16. The van der Waals surface area contributed by atoms with Crippen molar-refractivity contribution < 1.29 is 19.5 Å². The number of nitrogens with one attached hydrogen (secondary N) is 1. The highest BCUT2D eigenvalue weighted by Crippen LogP contribution is 2.08. The molecule has 0 spiro atoms. The highest BCUT2D eigenvalue weighted by atomic mass is 16.4. The molecule has 0 saturated carbocycles. The zero-order valence-corrected chi connectivity index (χ0v) is 12.2. The van der Waals surface area contributed by atoms with E-state index >= 15 is 0 Å². The minimum absolute atomic E-state index is 0.303. The number of primary amides is 1. The predicted molar refractivity (Wildman–Crippen MR) is 76.0 cm³/mol. The average Bonchev–Trinajstić information content (AvgIpc) is 2.36. The summed E-state index contributed by atoms with van der Waals surface area (Å²) < 4.78 is 0. The van der Waals surface area contributed by atoms with E-state index in [0.717, 1.165) is 19.3 Å².